The highest BCUT2D eigenvalue weighted by molar-refractivity contribution is 7.85. The van der Waals surface area contributed by atoms with Gasteiger partial charge in [-0.25, -0.2) is 0 Å². The molecule has 1 saturated heterocycles. The summed E-state index contributed by atoms with van der Waals surface area (Å²) < 4.78 is 17.3. The third kappa shape index (κ3) is 3.87. The second-order valence-corrected chi connectivity index (χ2v) is 6.15. The van der Waals surface area contributed by atoms with Crippen LogP contribution >= 0.6 is 0 Å². The van der Waals surface area contributed by atoms with E-state index in [1.807, 2.05) is 6.92 Å². The second-order valence-electron chi connectivity index (χ2n) is 4.38. The van der Waals surface area contributed by atoms with Crippen LogP contribution in [0.25, 0.3) is 0 Å². The molecule has 94 valence electrons. The van der Waals surface area contributed by atoms with E-state index in [1.165, 1.54) is 0 Å². The number of rotatable bonds is 5. The molecule has 0 spiro atoms. The topological polar surface area (TPSA) is 46.6 Å². The first-order valence-corrected chi connectivity index (χ1v) is 7.09. The molecule has 0 aliphatic carbocycles. The van der Waals surface area contributed by atoms with Crippen LogP contribution < -0.4 is 0 Å². The van der Waals surface area contributed by atoms with Gasteiger partial charge in [-0.05, 0) is 19.8 Å². The lowest BCUT2D eigenvalue weighted by Gasteiger charge is -2.14. The van der Waals surface area contributed by atoms with Gasteiger partial charge in [0.1, 0.15) is 0 Å². The molecule has 1 aliphatic rings. The Kier molecular flexibility index (Phi) is 5.41. The molecule has 4 nitrogen and oxygen atoms in total. The summed E-state index contributed by atoms with van der Waals surface area (Å²) in [5.41, 5.74) is 0. The number of nitrogens with zero attached hydrogens (tertiary/aromatic N) is 1. The molecule has 0 N–H and O–H groups in total. The Morgan fingerprint density at radius 2 is 2.19 bits per heavy atom. The van der Waals surface area contributed by atoms with E-state index in [9.17, 15) is 9.00 Å². The molecule has 0 aromatic heterocycles. The van der Waals surface area contributed by atoms with Crippen molar-refractivity contribution in [3.63, 3.8) is 0 Å². The van der Waals surface area contributed by atoms with Crippen molar-refractivity contribution in [2.24, 2.45) is 0 Å². The predicted molar refractivity (Wildman–Crippen MR) is 64.8 cm³/mol. The van der Waals surface area contributed by atoms with Crippen LogP contribution in [0.1, 0.15) is 26.2 Å². The van der Waals surface area contributed by atoms with Gasteiger partial charge >= 0.3 is 0 Å². The van der Waals surface area contributed by atoms with Crippen LogP contribution in [0.5, 0.6) is 0 Å². The molecule has 1 rings (SSSR count). The van der Waals surface area contributed by atoms with E-state index in [0.29, 0.717) is 25.2 Å². The molecular weight excluding hydrogens is 226 g/mol. The molecule has 0 radical (unpaired) electrons. The first kappa shape index (κ1) is 13.6. The van der Waals surface area contributed by atoms with Crippen LogP contribution in [-0.2, 0) is 20.3 Å². The van der Waals surface area contributed by atoms with Crippen LogP contribution in [-0.4, -0.2) is 52.8 Å². The second kappa shape index (κ2) is 6.35. The average Bonchev–Trinajstić information content (AvgIpc) is 2.64. The number of carbonyl (C=O) groups excluding carboxylic acids is 1. The molecular formula is C11H21NO3S. The molecule has 0 bridgehead atoms. The summed E-state index contributed by atoms with van der Waals surface area (Å²) in [5, 5.41) is 0.162. The summed E-state index contributed by atoms with van der Waals surface area (Å²) in [6.45, 7) is 2.69. The Hall–Kier alpha value is -0.420. The number of carbonyl (C=O) groups is 1. The zero-order valence-electron chi connectivity index (χ0n) is 10.3. The van der Waals surface area contributed by atoms with Crippen molar-refractivity contribution in [2.45, 2.75) is 37.5 Å². The van der Waals surface area contributed by atoms with Crippen LogP contribution in [0.4, 0.5) is 0 Å². The van der Waals surface area contributed by atoms with E-state index >= 15 is 0 Å². The first-order valence-electron chi connectivity index (χ1n) is 5.71. The predicted octanol–water partition coefficient (Wildman–Crippen LogP) is 0.781. The third-order valence-corrected chi connectivity index (χ3v) is 4.86. The number of hydrogen-bond donors (Lipinski definition) is 0. The van der Waals surface area contributed by atoms with Gasteiger partial charge in [0, 0.05) is 43.7 Å². The third-order valence-electron chi connectivity index (χ3n) is 2.88. The van der Waals surface area contributed by atoms with Gasteiger partial charge in [0.15, 0.2) is 0 Å². The Bertz CT molecular complexity index is 268. The SMILES string of the molecule is C[C@@H]1OCC[C@H]1[S@@](=O)CCCC(=O)N(C)C. The van der Waals surface area contributed by atoms with Crippen molar-refractivity contribution >= 4 is 16.7 Å². The first-order chi connectivity index (χ1) is 7.52. The van der Waals surface area contributed by atoms with Crippen molar-refractivity contribution in [1.29, 1.82) is 0 Å². The molecule has 0 aromatic carbocycles. The molecule has 5 heteroatoms. The highest BCUT2D eigenvalue weighted by Crippen LogP contribution is 2.19. The van der Waals surface area contributed by atoms with Gasteiger partial charge in [-0.2, -0.15) is 0 Å². The van der Waals surface area contributed by atoms with E-state index in [1.54, 1.807) is 19.0 Å². The van der Waals surface area contributed by atoms with Gasteiger partial charge < -0.3 is 9.64 Å². The van der Waals surface area contributed by atoms with Gasteiger partial charge in [-0.3, -0.25) is 9.00 Å². The van der Waals surface area contributed by atoms with Crippen LogP contribution in [0, 0.1) is 0 Å². The summed E-state index contributed by atoms with van der Waals surface area (Å²) in [6.07, 6.45) is 2.17. The fourth-order valence-electron chi connectivity index (χ4n) is 1.80. The summed E-state index contributed by atoms with van der Waals surface area (Å²) in [6, 6.07) is 0. The van der Waals surface area contributed by atoms with E-state index in [-0.39, 0.29) is 17.3 Å². The monoisotopic (exact) mass is 247 g/mol. The zero-order valence-corrected chi connectivity index (χ0v) is 11.1. The maximum absolute atomic E-state index is 11.9. The van der Waals surface area contributed by atoms with Crippen LogP contribution in [0.15, 0.2) is 0 Å². The minimum atomic E-state index is -0.851. The molecule has 1 fully saturated rings. The number of hydrogen-bond acceptors (Lipinski definition) is 3. The van der Waals surface area contributed by atoms with Gasteiger partial charge in [-0.1, -0.05) is 0 Å². The fourth-order valence-corrected chi connectivity index (χ4v) is 3.39. The largest absolute Gasteiger partial charge is 0.377 e. The van der Waals surface area contributed by atoms with Gasteiger partial charge in [0.25, 0.3) is 0 Å². The van der Waals surface area contributed by atoms with E-state index in [4.69, 9.17) is 4.74 Å². The summed E-state index contributed by atoms with van der Waals surface area (Å²) in [7, 11) is 2.63. The minimum absolute atomic E-state index is 0.102. The standard InChI is InChI=1S/C11H21NO3S/c1-9-10(6-7-15-9)16(14)8-4-5-11(13)12(2)3/h9-10H,4-8H2,1-3H3/t9-,10+,16-/m0/s1. The maximum atomic E-state index is 11.9. The van der Waals surface area contributed by atoms with Crippen molar-refractivity contribution in [3.8, 4) is 0 Å². The maximum Gasteiger partial charge on any atom is 0.222 e. The Labute approximate surface area is 99.8 Å². The smallest absolute Gasteiger partial charge is 0.222 e. The average molecular weight is 247 g/mol. The van der Waals surface area contributed by atoms with Gasteiger partial charge in [-0.15, -0.1) is 0 Å². The van der Waals surface area contributed by atoms with Crippen molar-refractivity contribution < 1.29 is 13.7 Å². The normalized spacial score (nSPS) is 26.7. The minimum Gasteiger partial charge on any atom is -0.377 e. The zero-order chi connectivity index (χ0) is 12.1. The summed E-state index contributed by atoms with van der Waals surface area (Å²) in [4.78, 5) is 12.9. The molecule has 1 aliphatic heterocycles. The van der Waals surface area contributed by atoms with E-state index < -0.39 is 10.8 Å². The van der Waals surface area contributed by atoms with Crippen LogP contribution in [0.2, 0.25) is 0 Å². The highest BCUT2D eigenvalue weighted by atomic mass is 32.2. The molecule has 1 amide bonds. The van der Waals surface area contributed by atoms with Crippen molar-refractivity contribution in [1.82, 2.24) is 4.90 Å². The van der Waals surface area contributed by atoms with Crippen LogP contribution in [0.3, 0.4) is 0 Å². The Morgan fingerprint density at radius 3 is 2.69 bits per heavy atom. The fraction of sp³-hybridized carbons (Fsp3) is 0.909. The molecule has 0 aromatic rings. The lowest BCUT2D eigenvalue weighted by atomic mass is 10.3. The quantitative estimate of drug-likeness (QED) is 0.721. The van der Waals surface area contributed by atoms with E-state index in [0.717, 1.165) is 6.42 Å². The lowest BCUT2D eigenvalue weighted by Crippen LogP contribution is -2.26. The Morgan fingerprint density at radius 1 is 1.50 bits per heavy atom. The van der Waals surface area contributed by atoms with Gasteiger partial charge in [0.05, 0.1) is 11.4 Å². The summed E-state index contributed by atoms with van der Waals surface area (Å²) in [5.74, 6) is 0.713. The molecule has 16 heavy (non-hydrogen) atoms. The summed E-state index contributed by atoms with van der Waals surface area (Å²) >= 11 is 0. The molecule has 1 heterocycles. The van der Waals surface area contributed by atoms with E-state index in [2.05, 4.69) is 0 Å². The van der Waals surface area contributed by atoms with Crippen molar-refractivity contribution in [3.05, 3.63) is 0 Å². The molecule has 3 atom stereocenters. The molecule has 0 saturated carbocycles. The Balaban J connectivity index is 2.22. The van der Waals surface area contributed by atoms with Gasteiger partial charge in [0.2, 0.25) is 5.91 Å². The lowest BCUT2D eigenvalue weighted by molar-refractivity contribution is -0.128. The number of ether oxygens (including phenoxy) is 1. The number of amides is 1. The highest BCUT2D eigenvalue weighted by Gasteiger charge is 2.29. The molecule has 0 unspecified atom stereocenters. The van der Waals surface area contributed by atoms with Crippen molar-refractivity contribution in [2.75, 3.05) is 26.5 Å².